The van der Waals surface area contributed by atoms with E-state index in [0.29, 0.717) is 24.5 Å². The molecule has 134 valence electrons. The molecule has 9 nitrogen and oxygen atoms in total. The summed E-state index contributed by atoms with van der Waals surface area (Å²) in [5, 5.41) is 6.21. The third-order valence-electron chi connectivity index (χ3n) is 3.36. The predicted molar refractivity (Wildman–Crippen MR) is 88.9 cm³/mol. The Balaban J connectivity index is 1.72. The lowest BCUT2D eigenvalue weighted by atomic mass is 10.2. The highest BCUT2D eigenvalue weighted by molar-refractivity contribution is 6.35. The Hall–Kier alpha value is -2.94. The molecule has 2 rings (SSSR count). The van der Waals surface area contributed by atoms with Gasteiger partial charge in [0, 0.05) is 13.2 Å². The fourth-order valence-electron chi connectivity index (χ4n) is 2.11. The van der Waals surface area contributed by atoms with Crippen LogP contribution in [0.2, 0.25) is 0 Å². The van der Waals surface area contributed by atoms with Gasteiger partial charge in [0.2, 0.25) is 0 Å². The van der Waals surface area contributed by atoms with Gasteiger partial charge in [-0.2, -0.15) is 5.10 Å². The van der Waals surface area contributed by atoms with Gasteiger partial charge in [-0.3, -0.25) is 14.4 Å². The van der Waals surface area contributed by atoms with Crippen LogP contribution in [-0.4, -0.2) is 49.8 Å². The molecule has 1 aliphatic rings. The molecule has 1 aromatic carbocycles. The average Bonchev–Trinajstić information content (AvgIpc) is 3.12. The van der Waals surface area contributed by atoms with Crippen molar-refractivity contribution in [2.24, 2.45) is 10.8 Å². The van der Waals surface area contributed by atoms with E-state index in [4.69, 9.17) is 15.2 Å². The summed E-state index contributed by atoms with van der Waals surface area (Å²) in [6, 6.07) is 6.59. The fraction of sp³-hybridized carbons (Fsp3) is 0.375. The van der Waals surface area contributed by atoms with Crippen molar-refractivity contribution in [3.8, 4) is 5.75 Å². The number of rotatable bonds is 7. The molecule has 0 aliphatic carbocycles. The van der Waals surface area contributed by atoms with E-state index in [1.54, 1.807) is 24.3 Å². The Morgan fingerprint density at radius 2 is 2.04 bits per heavy atom. The highest BCUT2D eigenvalue weighted by atomic mass is 16.5. The first-order valence-corrected chi connectivity index (χ1v) is 7.78. The molecule has 4 N–H and O–H groups in total. The number of ether oxygens (including phenoxy) is 2. The van der Waals surface area contributed by atoms with Gasteiger partial charge in [0.15, 0.2) is 6.61 Å². The highest BCUT2D eigenvalue weighted by Gasteiger charge is 2.18. The SMILES string of the molecule is NC(=O)COc1ccc(C=NNC(=O)C(=O)NCC2CCCO2)cc1. The van der Waals surface area contributed by atoms with Crippen LogP contribution in [0, 0.1) is 0 Å². The maximum absolute atomic E-state index is 11.6. The van der Waals surface area contributed by atoms with Crippen LogP contribution in [-0.2, 0) is 19.1 Å². The molecule has 0 saturated carbocycles. The van der Waals surface area contributed by atoms with Crippen molar-refractivity contribution in [3.63, 3.8) is 0 Å². The number of hydrogen-bond donors (Lipinski definition) is 3. The first-order valence-electron chi connectivity index (χ1n) is 7.78. The summed E-state index contributed by atoms with van der Waals surface area (Å²) < 4.78 is 10.5. The molecule has 25 heavy (non-hydrogen) atoms. The van der Waals surface area contributed by atoms with E-state index >= 15 is 0 Å². The third-order valence-corrected chi connectivity index (χ3v) is 3.36. The molecular formula is C16H20N4O5. The normalized spacial score (nSPS) is 16.6. The Morgan fingerprint density at radius 3 is 2.68 bits per heavy atom. The maximum Gasteiger partial charge on any atom is 0.329 e. The first kappa shape index (κ1) is 18.4. The average molecular weight is 348 g/mol. The number of primary amides is 1. The molecule has 0 bridgehead atoms. The van der Waals surface area contributed by atoms with E-state index in [0.717, 1.165) is 12.8 Å². The second kappa shape index (κ2) is 9.38. The molecule has 0 radical (unpaired) electrons. The van der Waals surface area contributed by atoms with Crippen molar-refractivity contribution < 1.29 is 23.9 Å². The second-order valence-corrected chi connectivity index (χ2v) is 5.37. The van der Waals surface area contributed by atoms with Crippen molar-refractivity contribution in [2.75, 3.05) is 19.8 Å². The topological polar surface area (TPSA) is 132 Å². The molecule has 3 amide bonds. The van der Waals surface area contributed by atoms with Crippen molar-refractivity contribution >= 4 is 23.9 Å². The Morgan fingerprint density at radius 1 is 1.28 bits per heavy atom. The minimum absolute atomic E-state index is 0.0319. The molecule has 9 heteroatoms. The molecule has 0 spiro atoms. The summed E-state index contributed by atoms with van der Waals surface area (Å²) in [6.07, 6.45) is 3.18. The van der Waals surface area contributed by atoms with Crippen LogP contribution >= 0.6 is 0 Å². The molecule has 1 heterocycles. The van der Waals surface area contributed by atoms with Gasteiger partial charge < -0.3 is 20.5 Å². The van der Waals surface area contributed by atoms with Crippen molar-refractivity contribution in [2.45, 2.75) is 18.9 Å². The van der Waals surface area contributed by atoms with Crippen molar-refractivity contribution in [1.82, 2.24) is 10.7 Å². The summed E-state index contributed by atoms with van der Waals surface area (Å²) in [5.74, 6) is -1.70. The van der Waals surface area contributed by atoms with Crippen LogP contribution in [0.4, 0.5) is 0 Å². The van der Waals surface area contributed by atoms with Gasteiger partial charge in [-0.05, 0) is 42.7 Å². The number of nitrogens with zero attached hydrogens (tertiary/aromatic N) is 1. The van der Waals surface area contributed by atoms with Gasteiger partial charge in [0.1, 0.15) is 5.75 Å². The molecule has 0 aromatic heterocycles. The lowest BCUT2D eigenvalue weighted by molar-refractivity contribution is -0.139. The summed E-state index contributed by atoms with van der Waals surface area (Å²) >= 11 is 0. The van der Waals surface area contributed by atoms with E-state index in [1.165, 1.54) is 6.21 Å². The number of hydrazone groups is 1. The van der Waals surface area contributed by atoms with Crippen LogP contribution in [0.25, 0.3) is 0 Å². The lowest BCUT2D eigenvalue weighted by Gasteiger charge is -2.09. The molecule has 1 saturated heterocycles. The van der Waals surface area contributed by atoms with Gasteiger partial charge in [-0.1, -0.05) is 0 Å². The Labute approximate surface area is 144 Å². The number of amides is 3. The van der Waals surface area contributed by atoms with E-state index in [-0.39, 0.29) is 12.7 Å². The van der Waals surface area contributed by atoms with Crippen LogP contribution in [0.1, 0.15) is 18.4 Å². The standard InChI is InChI=1S/C16H20N4O5/c17-14(21)10-25-12-5-3-11(4-6-12)8-19-20-16(23)15(22)18-9-13-2-1-7-24-13/h3-6,8,13H,1-2,7,9-10H2,(H2,17,21)(H,18,22)(H,20,23). The molecule has 1 aliphatic heterocycles. The largest absolute Gasteiger partial charge is 0.484 e. The van der Waals surface area contributed by atoms with Crippen LogP contribution in [0.3, 0.4) is 0 Å². The fourth-order valence-corrected chi connectivity index (χ4v) is 2.11. The molecule has 1 unspecified atom stereocenters. The smallest absolute Gasteiger partial charge is 0.329 e. The quantitative estimate of drug-likeness (QED) is 0.340. The summed E-state index contributed by atoms with van der Waals surface area (Å²) in [7, 11) is 0. The number of benzene rings is 1. The first-order chi connectivity index (χ1) is 12.0. The van der Waals surface area contributed by atoms with Crippen molar-refractivity contribution in [3.05, 3.63) is 29.8 Å². The molecule has 1 atom stereocenters. The summed E-state index contributed by atoms with van der Waals surface area (Å²) in [4.78, 5) is 33.8. The van der Waals surface area contributed by atoms with E-state index in [1.807, 2.05) is 0 Å². The Bertz CT molecular complexity index is 638. The highest BCUT2D eigenvalue weighted by Crippen LogP contribution is 2.11. The molecule has 1 fully saturated rings. The van der Waals surface area contributed by atoms with E-state index in [2.05, 4.69) is 15.8 Å². The Kier molecular flexibility index (Phi) is 6.90. The maximum atomic E-state index is 11.6. The van der Waals surface area contributed by atoms with Gasteiger partial charge in [-0.15, -0.1) is 0 Å². The lowest BCUT2D eigenvalue weighted by Crippen LogP contribution is -2.41. The van der Waals surface area contributed by atoms with Crippen LogP contribution in [0.15, 0.2) is 29.4 Å². The zero-order valence-electron chi connectivity index (χ0n) is 13.6. The van der Waals surface area contributed by atoms with Gasteiger partial charge in [0.25, 0.3) is 5.91 Å². The molecular weight excluding hydrogens is 328 g/mol. The minimum atomic E-state index is -0.851. The third kappa shape index (κ3) is 6.60. The monoisotopic (exact) mass is 348 g/mol. The van der Waals surface area contributed by atoms with Gasteiger partial charge in [0.05, 0.1) is 12.3 Å². The summed E-state index contributed by atoms with van der Waals surface area (Å²) in [5.41, 5.74) is 7.80. The number of nitrogens with one attached hydrogen (secondary N) is 2. The number of carbonyl (C=O) groups is 3. The minimum Gasteiger partial charge on any atom is -0.484 e. The van der Waals surface area contributed by atoms with Crippen molar-refractivity contribution in [1.29, 1.82) is 0 Å². The number of nitrogens with two attached hydrogens (primary N) is 1. The predicted octanol–water partition coefficient (Wildman–Crippen LogP) is -0.704. The van der Waals surface area contributed by atoms with E-state index < -0.39 is 17.7 Å². The van der Waals surface area contributed by atoms with Gasteiger partial charge >= 0.3 is 11.8 Å². The zero-order valence-corrected chi connectivity index (χ0v) is 13.6. The summed E-state index contributed by atoms with van der Waals surface area (Å²) in [6.45, 7) is 0.788. The van der Waals surface area contributed by atoms with Crippen LogP contribution in [0.5, 0.6) is 5.75 Å². The van der Waals surface area contributed by atoms with Gasteiger partial charge in [-0.25, -0.2) is 5.43 Å². The number of hydrogen-bond acceptors (Lipinski definition) is 6. The second-order valence-electron chi connectivity index (χ2n) is 5.37. The zero-order chi connectivity index (χ0) is 18.1. The van der Waals surface area contributed by atoms with Crippen LogP contribution < -0.4 is 21.2 Å². The van der Waals surface area contributed by atoms with E-state index in [9.17, 15) is 14.4 Å². The number of carbonyl (C=O) groups excluding carboxylic acids is 3. The molecule has 1 aromatic rings.